The van der Waals surface area contributed by atoms with Crippen molar-refractivity contribution in [2.75, 3.05) is 20.1 Å². The molecule has 4 atom stereocenters. The lowest BCUT2D eigenvalue weighted by Crippen LogP contribution is -2.44. The van der Waals surface area contributed by atoms with E-state index >= 15 is 0 Å². The number of amides is 2. The van der Waals surface area contributed by atoms with E-state index in [1.165, 1.54) is 0 Å². The molecule has 1 spiro atoms. The van der Waals surface area contributed by atoms with Gasteiger partial charge in [0.15, 0.2) is 5.76 Å². The van der Waals surface area contributed by atoms with Crippen LogP contribution < -0.4 is 0 Å². The molecule has 2 saturated heterocycles. The topological polar surface area (TPSA) is 75.9 Å². The average Bonchev–Trinajstić information content (AvgIpc) is 3.42. The number of likely N-dealkylation sites (tertiary alicyclic amines) is 1. The summed E-state index contributed by atoms with van der Waals surface area (Å²) in [6.45, 7) is 5.93. The second-order valence-electron chi connectivity index (χ2n) is 7.97. The van der Waals surface area contributed by atoms with Gasteiger partial charge in [0, 0.05) is 19.7 Å². The Kier molecular flexibility index (Phi) is 4.58. The minimum absolute atomic E-state index is 0.0557. The molecule has 0 saturated carbocycles. The van der Waals surface area contributed by atoms with Crippen LogP contribution in [0.4, 0.5) is 0 Å². The molecule has 3 aliphatic heterocycles. The Labute approximate surface area is 159 Å². The zero-order chi connectivity index (χ0) is 19.2. The first-order chi connectivity index (χ1) is 13.0. The normalized spacial score (nSPS) is 31.2. The molecule has 27 heavy (non-hydrogen) atoms. The Balaban J connectivity index is 1.53. The third-order valence-corrected chi connectivity index (χ3v) is 6.36. The van der Waals surface area contributed by atoms with Crippen LogP contribution in [0.15, 0.2) is 28.9 Å². The standard InChI is InChI=1S/C20H27N3O4/c1-4-13(5-2)10-23-12-20-8-6-15(26-20)16(17(20)19(23)25)18(24)22(3)11-14-7-9-21-27-14/h6-9,13,15-17H,4-5,10-12H2,1-3H3/t15-,16+,17-,20-/m0/s1. The van der Waals surface area contributed by atoms with E-state index < -0.39 is 17.4 Å². The molecular weight excluding hydrogens is 346 g/mol. The summed E-state index contributed by atoms with van der Waals surface area (Å²) in [5.74, 6) is 0.182. The molecule has 146 valence electrons. The molecule has 7 heteroatoms. The lowest BCUT2D eigenvalue weighted by atomic mass is 9.76. The minimum atomic E-state index is -0.638. The van der Waals surface area contributed by atoms with Crippen LogP contribution in [-0.4, -0.2) is 58.6 Å². The Morgan fingerprint density at radius 3 is 2.89 bits per heavy atom. The number of aromatic nitrogens is 1. The lowest BCUT2D eigenvalue weighted by Gasteiger charge is -2.27. The van der Waals surface area contributed by atoms with Crippen LogP contribution in [0.2, 0.25) is 0 Å². The van der Waals surface area contributed by atoms with Crippen molar-refractivity contribution in [3.63, 3.8) is 0 Å². The van der Waals surface area contributed by atoms with Gasteiger partial charge in [-0.2, -0.15) is 0 Å². The van der Waals surface area contributed by atoms with E-state index in [-0.39, 0.29) is 17.9 Å². The van der Waals surface area contributed by atoms with E-state index in [1.54, 1.807) is 24.2 Å². The van der Waals surface area contributed by atoms with E-state index in [9.17, 15) is 9.59 Å². The van der Waals surface area contributed by atoms with E-state index in [4.69, 9.17) is 9.26 Å². The first kappa shape index (κ1) is 18.2. The molecule has 0 aromatic carbocycles. The highest BCUT2D eigenvalue weighted by atomic mass is 16.5. The van der Waals surface area contributed by atoms with Crippen molar-refractivity contribution in [2.45, 2.75) is 44.9 Å². The fraction of sp³-hybridized carbons (Fsp3) is 0.650. The summed E-state index contributed by atoms with van der Waals surface area (Å²) in [5.41, 5.74) is -0.638. The Hall–Kier alpha value is -2.15. The smallest absolute Gasteiger partial charge is 0.230 e. The Morgan fingerprint density at radius 1 is 1.44 bits per heavy atom. The van der Waals surface area contributed by atoms with Crippen molar-refractivity contribution < 1.29 is 18.8 Å². The van der Waals surface area contributed by atoms with Crippen LogP contribution in [0.1, 0.15) is 32.4 Å². The van der Waals surface area contributed by atoms with Crippen molar-refractivity contribution >= 4 is 11.8 Å². The molecular formula is C20H27N3O4. The van der Waals surface area contributed by atoms with Crippen molar-refractivity contribution in [3.8, 4) is 0 Å². The third kappa shape index (κ3) is 2.88. The summed E-state index contributed by atoms with van der Waals surface area (Å²) in [6.07, 6.45) is 7.28. The van der Waals surface area contributed by atoms with Crippen molar-refractivity contribution in [1.82, 2.24) is 15.0 Å². The van der Waals surface area contributed by atoms with Gasteiger partial charge in [-0.05, 0) is 5.92 Å². The van der Waals surface area contributed by atoms with E-state index in [2.05, 4.69) is 19.0 Å². The van der Waals surface area contributed by atoms with Gasteiger partial charge >= 0.3 is 0 Å². The maximum Gasteiger partial charge on any atom is 0.230 e. The molecule has 4 rings (SSSR count). The molecule has 3 aliphatic rings. The largest absolute Gasteiger partial charge is 0.360 e. The SMILES string of the molecule is CCC(CC)CN1C[C@]23C=C[C@H](O2)[C@@H](C(=O)N(C)Cc2ccno2)[C@H]3C1=O. The number of rotatable bonds is 7. The number of carbonyl (C=O) groups excluding carboxylic acids is 2. The zero-order valence-electron chi connectivity index (χ0n) is 16.1. The van der Waals surface area contributed by atoms with Crippen LogP contribution in [0, 0.1) is 17.8 Å². The minimum Gasteiger partial charge on any atom is -0.360 e. The van der Waals surface area contributed by atoms with Crippen LogP contribution in [-0.2, 0) is 20.9 Å². The summed E-state index contributed by atoms with van der Waals surface area (Å²) in [7, 11) is 1.73. The molecule has 0 unspecified atom stereocenters. The molecule has 2 bridgehead atoms. The van der Waals surface area contributed by atoms with Gasteiger partial charge in [0.25, 0.3) is 0 Å². The molecule has 0 radical (unpaired) electrons. The third-order valence-electron chi connectivity index (χ3n) is 6.36. The summed E-state index contributed by atoms with van der Waals surface area (Å²) < 4.78 is 11.3. The fourth-order valence-corrected chi connectivity index (χ4v) is 4.76. The van der Waals surface area contributed by atoms with Crippen molar-refractivity contribution in [2.24, 2.45) is 17.8 Å². The highest BCUT2D eigenvalue weighted by Crippen LogP contribution is 2.52. The van der Waals surface area contributed by atoms with Gasteiger partial charge in [0.05, 0.1) is 37.2 Å². The number of ether oxygens (including phenoxy) is 1. The summed E-state index contributed by atoms with van der Waals surface area (Å²) in [6, 6.07) is 1.74. The predicted molar refractivity (Wildman–Crippen MR) is 97.4 cm³/mol. The number of hydrogen-bond acceptors (Lipinski definition) is 5. The van der Waals surface area contributed by atoms with E-state index in [0.717, 1.165) is 19.4 Å². The summed E-state index contributed by atoms with van der Waals surface area (Å²) >= 11 is 0. The molecule has 1 aromatic rings. The van der Waals surface area contributed by atoms with Gasteiger partial charge in [-0.15, -0.1) is 0 Å². The van der Waals surface area contributed by atoms with Crippen molar-refractivity contribution in [3.05, 3.63) is 30.2 Å². The molecule has 2 amide bonds. The second-order valence-corrected chi connectivity index (χ2v) is 7.97. The highest BCUT2D eigenvalue weighted by Gasteiger charge is 2.67. The first-order valence-electron chi connectivity index (χ1n) is 9.79. The Bertz CT molecular complexity index is 742. The first-order valence-corrected chi connectivity index (χ1v) is 9.79. The predicted octanol–water partition coefficient (Wildman–Crippen LogP) is 1.85. The molecule has 2 fully saturated rings. The van der Waals surface area contributed by atoms with Crippen LogP contribution >= 0.6 is 0 Å². The van der Waals surface area contributed by atoms with Crippen LogP contribution in [0.3, 0.4) is 0 Å². The molecule has 0 aliphatic carbocycles. The van der Waals surface area contributed by atoms with Gasteiger partial charge in [0.1, 0.15) is 5.60 Å². The second kappa shape index (κ2) is 6.78. The van der Waals surface area contributed by atoms with Gasteiger partial charge in [-0.3, -0.25) is 9.59 Å². The maximum absolute atomic E-state index is 13.2. The van der Waals surface area contributed by atoms with Gasteiger partial charge in [-0.25, -0.2) is 0 Å². The van der Waals surface area contributed by atoms with Gasteiger partial charge < -0.3 is 19.1 Å². The molecule has 1 aromatic heterocycles. The van der Waals surface area contributed by atoms with Crippen LogP contribution in [0.5, 0.6) is 0 Å². The summed E-state index contributed by atoms with van der Waals surface area (Å²) in [4.78, 5) is 29.9. The number of hydrogen-bond donors (Lipinski definition) is 0. The molecule has 4 heterocycles. The van der Waals surface area contributed by atoms with E-state index in [0.29, 0.717) is 24.8 Å². The number of nitrogens with zero attached hydrogens (tertiary/aromatic N) is 3. The maximum atomic E-state index is 13.2. The molecule has 0 N–H and O–H groups in total. The summed E-state index contributed by atoms with van der Waals surface area (Å²) in [5, 5.41) is 3.68. The van der Waals surface area contributed by atoms with Gasteiger partial charge in [0.2, 0.25) is 11.8 Å². The monoisotopic (exact) mass is 373 g/mol. The average molecular weight is 373 g/mol. The van der Waals surface area contributed by atoms with E-state index in [1.807, 2.05) is 17.1 Å². The number of fused-ring (bicyclic) bond motifs is 1. The lowest BCUT2D eigenvalue weighted by molar-refractivity contribution is -0.143. The highest BCUT2D eigenvalue weighted by molar-refractivity contribution is 5.93. The van der Waals surface area contributed by atoms with Crippen LogP contribution in [0.25, 0.3) is 0 Å². The fourth-order valence-electron chi connectivity index (χ4n) is 4.76. The quantitative estimate of drug-likeness (QED) is 0.682. The zero-order valence-corrected chi connectivity index (χ0v) is 16.1. The Morgan fingerprint density at radius 2 is 2.22 bits per heavy atom. The number of carbonyl (C=O) groups is 2. The molecule has 7 nitrogen and oxygen atoms in total. The van der Waals surface area contributed by atoms with Crippen molar-refractivity contribution in [1.29, 1.82) is 0 Å². The van der Waals surface area contributed by atoms with Gasteiger partial charge in [-0.1, -0.05) is 44.0 Å².